The van der Waals surface area contributed by atoms with Gasteiger partial charge in [0.2, 0.25) is 0 Å². The molecule has 0 spiro atoms. The molecule has 5 nitrogen and oxygen atoms in total. The predicted molar refractivity (Wildman–Crippen MR) is 178 cm³/mol. The smallest absolute Gasteiger partial charge is 0.157 e. The lowest BCUT2D eigenvalue weighted by Crippen LogP contribution is -2.67. The number of hydrogen-bond acceptors (Lipinski definition) is 5. The molecule has 13 atom stereocenters. The number of rotatable bonds is 6. The Kier molecular flexibility index (Phi) is 8.71. The van der Waals surface area contributed by atoms with Crippen LogP contribution < -0.4 is 0 Å². The molecule has 5 aliphatic carbocycles. The van der Waals surface area contributed by atoms with E-state index in [1.165, 1.54) is 63.4 Å². The van der Waals surface area contributed by atoms with Gasteiger partial charge in [-0.25, -0.2) is 0 Å². The Balaban J connectivity index is 1.16. The third-order valence-electron chi connectivity index (χ3n) is 16.3. The minimum absolute atomic E-state index is 0.00484. The van der Waals surface area contributed by atoms with E-state index >= 15 is 0 Å². The van der Waals surface area contributed by atoms with Crippen molar-refractivity contribution < 1.29 is 24.1 Å². The zero-order chi connectivity index (χ0) is 31.8. The van der Waals surface area contributed by atoms with Crippen LogP contribution in [0.4, 0.5) is 0 Å². The summed E-state index contributed by atoms with van der Waals surface area (Å²) in [4.78, 5) is 0. The molecule has 7 fully saturated rings. The summed E-state index contributed by atoms with van der Waals surface area (Å²) in [6, 6.07) is 0. The fourth-order valence-electron chi connectivity index (χ4n) is 14.0. The van der Waals surface area contributed by atoms with Crippen LogP contribution >= 0.6 is 0 Å². The molecule has 0 bridgehead atoms. The van der Waals surface area contributed by atoms with Gasteiger partial charge in [0, 0.05) is 24.5 Å². The van der Waals surface area contributed by atoms with Gasteiger partial charge in [-0.05, 0) is 149 Å². The van der Waals surface area contributed by atoms with Gasteiger partial charge < -0.3 is 24.1 Å². The summed E-state index contributed by atoms with van der Waals surface area (Å²) in [5.41, 5.74) is 2.23. The van der Waals surface area contributed by atoms with Crippen LogP contribution in [0.3, 0.4) is 0 Å². The Bertz CT molecular complexity index is 1090. The third-order valence-corrected chi connectivity index (χ3v) is 16.3. The number of fused-ring (bicyclic) bond motifs is 7. The van der Waals surface area contributed by atoms with E-state index in [0.717, 1.165) is 64.3 Å². The van der Waals surface area contributed by atoms with E-state index in [0.29, 0.717) is 28.6 Å². The average Bonchev–Trinajstić information content (AvgIpc) is 3.31. The summed E-state index contributed by atoms with van der Waals surface area (Å²) in [6.07, 6.45) is 17.6. The highest BCUT2D eigenvalue weighted by molar-refractivity contribution is 5.23. The first kappa shape index (κ1) is 33.1. The standard InChI is InChI=1S/C40H66O5/c1-26(2)34-28(41)24-40(25-44-32-12-8-10-22-42-32)21-20-38(6)27(35(34)40)14-15-30-37(5)18-17-31(45-33-13-9-11-23-43-33)36(3,4)29(37)16-19-39(30,38)7/h27-35,41H,1,8-25H2,2-7H3/t27-,28+,29+,30-,31+,32?,33?,34-,35+,37+,38-,39-,40+/m1/s1. The molecule has 0 aromatic heterocycles. The lowest BCUT2D eigenvalue weighted by atomic mass is 9.32. The van der Waals surface area contributed by atoms with Crippen LogP contribution in [0.1, 0.15) is 138 Å². The van der Waals surface area contributed by atoms with Gasteiger partial charge in [-0.15, -0.1) is 0 Å². The van der Waals surface area contributed by atoms with E-state index in [1.54, 1.807) is 0 Å². The third kappa shape index (κ3) is 5.09. The van der Waals surface area contributed by atoms with Crippen LogP contribution in [0.25, 0.3) is 0 Å². The van der Waals surface area contributed by atoms with Crippen LogP contribution in [0, 0.1) is 56.7 Å². The van der Waals surface area contributed by atoms with Gasteiger partial charge in [0.15, 0.2) is 12.6 Å². The molecule has 256 valence electrons. The summed E-state index contributed by atoms with van der Waals surface area (Å²) >= 11 is 0. The molecule has 0 radical (unpaired) electrons. The number of ether oxygens (including phenoxy) is 4. The van der Waals surface area contributed by atoms with Gasteiger partial charge in [0.25, 0.3) is 0 Å². The summed E-state index contributed by atoms with van der Waals surface area (Å²) in [7, 11) is 0. The molecule has 7 rings (SSSR count). The molecule has 0 aromatic carbocycles. The SMILES string of the molecule is C=C(C)[C@H]1[C@@H]2[C@H]3CC[C@@H]4[C@@]5(C)CC[C@H](OC6CCCCO6)C(C)(C)[C@@H]5CC[C@@]4(C)[C@]3(C)CC[C@@]2(COC2CCCCO2)C[C@@H]1O. The number of aliphatic hydroxyl groups is 1. The minimum atomic E-state index is -0.311. The molecule has 0 aromatic rings. The summed E-state index contributed by atoms with van der Waals surface area (Å²) in [5.74, 6) is 2.61. The summed E-state index contributed by atoms with van der Waals surface area (Å²) in [6.45, 7) is 22.3. The van der Waals surface area contributed by atoms with Crippen molar-refractivity contribution in [1.29, 1.82) is 0 Å². The lowest BCUT2D eigenvalue weighted by Gasteiger charge is -2.73. The maximum Gasteiger partial charge on any atom is 0.157 e. The Morgan fingerprint density at radius 1 is 0.778 bits per heavy atom. The average molecular weight is 627 g/mol. The van der Waals surface area contributed by atoms with Gasteiger partial charge in [-0.3, -0.25) is 0 Å². The Hall–Kier alpha value is -0.460. The topological polar surface area (TPSA) is 57.2 Å². The predicted octanol–water partition coefficient (Wildman–Crippen LogP) is 9.07. The number of aliphatic hydroxyl groups excluding tert-OH is 1. The summed E-state index contributed by atoms with van der Waals surface area (Å²) in [5, 5.41) is 11.7. The Morgan fingerprint density at radius 2 is 1.49 bits per heavy atom. The highest BCUT2D eigenvalue weighted by Crippen LogP contribution is 2.77. The van der Waals surface area contributed by atoms with E-state index in [4.69, 9.17) is 18.9 Å². The van der Waals surface area contributed by atoms with Crippen LogP contribution in [-0.4, -0.2) is 49.7 Å². The summed E-state index contributed by atoms with van der Waals surface area (Å²) < 4.78 is 25.6. The van der Waals surface area contributed by atoms with Gasteiger partial charge in [-0.1, -0.05) is 46.8 Å². The highest BCUT2D eigenvalue weighted by atomic mass is 16.7. The normalized spacial score (nSPS) is 52.6. The lowest BCUT2D eigenvalue weighted by molar-refractivity contribution is -0.276. The maximum atomic E-state index is 11.7. The molecule has 5 saturated carbocycles. The fourth-order valence-corrected chi connectivity index (χ4v) is 14.0. The van der Waals surface area contributed by atoms with E-state index in [2.05, 4.69) is 48.1 Å². The molecule has 5 heteroatoms. The van der Waals surface area contributed by atoms with Crippen LogP contribution in [0.15, 0.2) is 12.2 Å². The molecule has 2 aliphatic heterocycles. The first-order valence-electron chi connectivity index (χ1n) is 19.2. The molecule has 2 unspecified atom stereocenters. The maximum absolute atomic E-state index is 11.7. The van der Waals surface area contributed by atoms with Gasteiger partial charge in [-0.2, -0.15) is 0 Å². The van der Waals surface area contributed by atoms with Crippen molar-refractivity contribution in [3.63, 3.8) is 0 Å². The van der Waals surface area contributed by atoms with Gasteiger partial charge >= 0.3 is 0 Å². The van der Waals surface area contributed by atoms with Crippen LogP contribution in [0.5, 0.6) is 0 Å². The molecule has 1 N–H and O–H groups in total. The molecule has 0 amide bonds. The molecule has 2 saturated heterocycles. The van der Waals surface area contributed by atoms with Crippen molar-refractivity contribution in [2.45, 2.75) is 163 Å². The van der Waals surface area contributed by atoms with E-state index in [1.807, 2.05) is 0 Å². The molecule has 45 heavy (non-hydrogen) atoms. The quantitative estimate of drug-likeness (QED) is 0.235. The van der Waals surface area contributed by atoms with E-state index in [-0.39, 0.29) is 47.0 Å². The van der Waals surface area contributed by atoms with E-state index in [9.17, 15) is 5.11 Å². The molecule has 2 heterocycles. The zero-order valence-corrected chi connectivity index (χ0v) is 29.7. The van der Waals surface area contributed by atoms with Gasteiger partial charge in [0.05, 0.1) is 18.8 Å². The second kappa shape index (κ2) is 11.9. The van der Waals surface area contributed by atoms with Crippen molar-refractivity contribution in [3.05, 3.63) is 12.2 Å². The highest BCUT2D eigenvalue weighted by Gasteiger charge is 2.72. The van der Waals surface area contributed by atoms with Crippen molar-refractivity contribution in [2.24, 2.45) is 56.7 Å². The first-order chi connectivity index (χ1) is 21.4. The second-order valence-electron chi connectivity index (χ2n) is 18.6. The fraction of sp³-hybridized carbons (Fsp3) is 0.950. The van der Waals surface area contributed by atoms with Crippen molar-refractivity contribution >= 4 is 0 Å². The van der Waals surface area contributed by atoms with Crippen molar-refractivity contribution in [1.82, 2.24) is 0 Å². The molecule has 7 aliphatic rings. The van der Waals surface area contributed by atoms with Gasteiger partial charge in [0.1, 0.15) is 0 Å². The van der Waals surface area contributed by atoms with E-state index < -0.39 is 0 Å². The van der Waals surface area contributed by atoms with Crippen LogP contribution in [0.2, 0.25) is 0 Å². The molecular weight excluding hydrogens is 560 g/mol. The second-order valence-corrected chi connectivity index (χ2v) is 18.6. The number of hydrogen-bond donors (Lipinski definition) is 1. The monoisotopic (exact) mass is 626 g/mol. The van der Waals surface area contributed by atoms with Crippen LogP contribution in [-0.2, 0) is 18.9 Å². The van der Waals surface area contributed by atoms with Crippen molar-refractivity contribution in [3.8, 4) is 0 Å². The Labute approximate surface area is 274 Å². The van der Waals surface area contributed by atoms with Crippen molar-refractivity contribution in [2.75, 3.05) is 19.8 Å². The first-order valence-corrected chi connectivity index (χ1v) is 19.2. The Morgan fingerprint density at radius 3 is 2.16 bits per heavy atom. The minimum Gasteiger partial charge on any atom is -0.392 e. The molecular formula is C40H66O5. The largest absolute Gasteiger partial charge is 0.392 e. The zero-order valence-electron chi connectivity index (χ0n) is 29.7.